The van der Waals surface area contributed by atoms with E-state index in [-0.39, 0.29) is 18.6 Å². The van der Waals surface area contributed by atoms with E-state index in [4.69, 9.17) is 9.47 Å². The third-order valence-electron chi connectivity index (χ3n) is 5.01. The van der Waals surface area contributed by atoms with Gasteiger partial charge in [0.15, 0.2) is 6.61 Å². The number of hydrogen-bond acceptors (Lipinski definition) is 4. The number of nitrogens with zero attached hydrogens (tertiary/aromatic N) is 2. The van der Waals surface area contributed by atoms with Gasteiger partial charge in [0.1, 0.15) is 5.75 Å². The highest BCUT2D eigenvalue weighted by molar-refractivity contribution is 5.77. The van der Waals surface area contributed by atoms with Gasteiger partial charge in [0.25, 0.3) is 5.91 Å². The molecule has 1 amide bonds. The van der Waals surface area contributed by atoms with Crippen molar-refractivity contribution in [2.24, 2.45) is 0 Å². The third-order valence-corrected chi connectivity index (χ3v) is 5.01. The predicted octanol–water partition coefficient (Wildman–Crippen LogP) is 3.65. The molecule has 0 spiro atoms. The Hall–Kier alpha value is -2.53. The fraction of sp³-hybridized carbons (Fsp3) is 0.435. The quantitative estimate of drug-likeness (QED) is 0.699. The number of ether oxygens (including phenoxy) is 2. The van der Waals surface area contributed by atoms with Gasteiger partial charge in [-0.15, -0.1) is 0 Å². The van der Waals surface area contributed by atoms with Crippen molar-refractivity contribution in [3.8, 4) is 5.75 Å². The SMILES string of the molecule is Cc1ccc(OCC(=O)N(Cc2ccc(N(C)C)cc2)C[C@H]2CCCO2)cc1. The Balaban J connectivity index is 1.64. The van der Waals surface area contributed by atoms with Crippen LogP contribution in [-0.2, 0) is 16.1 Å². The van der Waals surface area contributed by atoms with Crippen LogP contribution in [0.15, 0.2) is 48.5 Å². The number of carbonyl (C=O) groups excluding carboxylic acids is 1. The summed E-state index contributed by atoms with van der Waals surface area (Å²) in [5, 5.41) is 0. The summed E-state index contributed by atoms with van der Waals surface area (Å²) in [6.07, 6.45) is 2.18. The summed E-state index contributed by atoms with van der Waals surface area (Å²) >= 11 is 0. The van der Waals surface area contributed by atoms with Crippen LogP contribution < -0.4 is 9.64 Å². The van der Waals surface area contributed by atoms with E-state index in [1.54, 1.807) is 0 Å². The molecule has 0 aliphatic carbocycles. The van der Waals surface area contributed by atoms with Crippen LogP contribution in [0.3, 0.4) is 0 Å². The van der Waals surface area contributed by atoms with Crippen LogP contribution in [0.2, 0.25) is 0 Å². The summed E-state index contributed by atoms with van der Waals surface area (Å²) in [6, 6.07) is 16.1. The molecule has 0 aromatic heterocycles. The summed E-state index contributed by atoms with van der Waals surface area (Å²) in [4.78, 5) is 16.8. The topological polar surface area (TPSA) is 42.0 Å². The van der Waals surface area contributed by atoms with E-state index in [0.717, 1.165) is 30.7 Å². The average Bonchev–Trinajstić information content (AvgIpc) is 3.20. The largest absolute Gasteiger partial charge is 0.484 e. The molecular weight excluding hydrogens is 352 g/mol. The predicted molar refractivity (Wildman–Crippen MR) is 112 cm³/mol. The molecule has 28 heavy (non-hydrogen) atoms. The Bertz CT molecular complexity index is 750. The molecule has 2 aromatic carbocycles. The summed E-state index contributed by atoms with van der Waals surface area (Å²) in [6.45, 7) is 4.00. The van der Waals surface area contributed by atoms with Crippen molar-refractivity contribution < 1.29 is 14.3 Å². The van der Waals surface area contributed by atoms with E-state index in [1.165, 1.54) is 5.56 Å². The number of rotatable bonds is 8. The minimum absolute atomic E-state index is 0.0206. The first-order valence-corrected chi connectivity index (χ1v) is 9.86. The molecular formula is C23H30N2O3. The molecule has 1 atom stereocenters. The van der Waals surface area contributed by atoms with E-state index in [9.17, 15) is 4.79 Å². The van der Waals surface area contributed by atoms with Crippen molar-refractivity contribution in [1.29, 1.82) is 0 Å². The Morgan fingerprint density at radius 2 is 1.82 bits per heavy atom. The Morgan fingerprint density at radius 1 is 1.11 bits per heavy atom. The molecule has 1 fully saturated rings. The number of carbonyl (C=O) groups is 1. The van der Waals surface area contributed by atoms with Crippen molar-refractivity contribution >= 4 is 11.6 Å². The second kappa shape index (κ2) is 9.60. The lowest BCUT2D eigenvalue weighted by Crippen LogP contribution is -2.39. The van der Waals surface area contributed by atoms with Gasteiger partial charge in [-0.05, 0) is 49.6 Å². The Kier molecular flexibility index (Phi) is 6.93. The van der Waals surface area contributed by atoms with Crippen LogP contribution in [0.4, 0.5) is 5.69 Å². The van der Waals surface area contributed by atoms with E-state index < -0.39 is 0 Å². The van der Waals surface area contributed by atoms with Gasteiger partial charge < -0.3 is 19.3 Å². The molecule has 1 aliphatic rings. The molecule has 5 heteroatoms. The normalized spacial score (nSPS) is 16.0. The number of aryl methyl sites for hydroxylation is 1. The van der Waals surface area contributed by atoms with E-state index in [1.807, 2.05) is 50.2 Å². The molecule has 150 valence electrons. The van der Waals surface area contributed by atoms with Gasteiger partial charge in [0.05, 0.1) is 6.10 Å². The maximum atomic E-state index is 12.9. The van der Waals surface area contributed by atoms with Gasteiger partial charge in [0.2, 0.25) is 0 Å². The van der Waals surface area contributed by atoms with Crippen LogP contribution in [0, 0.1) is 6.92 Å². The molecule has 2 aromatic rings. The first-order valence-electron chi connectivity index (χ1n) is 9.86. The minimum atomic E-state index is -0.0206. The highest BCUT2D eigenvalue weighted by Gasteiger charge is 2.23. The van der Waals surface area contributed by atoms with Crippen molar-refractivity contribution in [2.75, 3.05) is 38.8 Å². The summed E-state index contributed by atoms with van der Waals surface area (Å²) in [5.74, 6) is 0.694. The van der Waals surface area contributed by atoms with Crippen LogP contribution in [0.25, 0.3) is 0 Å². The molecule has 3 rings (SSSR count). The third kappa shape index (κ3) is 5.73. The monoisotopic (exact) mass is 382 g/mol. The fourth-order valence-electron chi connectivity index (χ4n) is 3.28. The zero-order valence-electron chi connectivity index (χ0n) is 17.1. The van der Waals surface area contributed by atoms with Crippen LogP contribution in [0.5, 0.6) is 5.75 Å². The van der Waals surface area contributed by atoms with Crippen molar-refractivity contribution in [1.82, 2.24) is 4.90 Å². The van der Waals surface area contributed by atoms with Crippen molar-refractivity contribution in [2.45, 2.75) is 32.4 Å². The van der Waals surface area contributed by atoms with Gasteiger partial charge >= 0.3 is 0 Å². The molecule has 5 nitrogen and oxygen atoms in total. The highest BCUT2D eigenvalue weighted by Crippen LogP contribution is 2.18. The number of benzene rings is 2. The van der Waals surface area contributed by atoms with Gasteiger partial charge in [-0.3, -0.25) is 4.79 Å². The first-order chi connectivity index (χ1) is 13.5. The summed E-state index contributed by atoms with van der Waals surface area (Å²) in [5.41, 5.74) is 3.41. The second-order valence-electron chi connectivity index (χ2n) is 7.57. The number of amides is 1. The van der Waals surface area contributed by atoms with Crippen LogP contribution in [-0.4, -0.2) is 50.8 Å². The average molecular weight is 383 g/mol. The van der Waals surface area contributed by atoms with Crippen molar-refractivity contribution in [3.05, 3.63) is 59.7 Å². The lowest BCUT2D eigenvalue weighted by Gasteiger charge is -2.26. The fourth-order valence-corrected chi connectivity index (χ4v) is 3.28. The molecule has 0 radical (unpaired) electrons. The van der Waals surface area contributed by atoms with Crippen LogP contribution in [0.1, 0.15) is 24.0 Å². The standard InChI is InChI=1S/C23H30N2O3/c1-18-6-12-21(13-7-18)28-17-23(26)25(16-22-5-4-14-27-22)15-19-8-10-20(11-9-19)24(2)3/h6-13,22H,4-5,14-17H2,1-3H3/t22-/m1/s1. The summed E-state index contributed by atoms with van der Waals surface area (Å²) < 4.78 is 11.5. The minimum Gasteiger partial charge on any atom is -0.484 e. The Labute approximate surface area is 167 Å². The molecule has 0 bridgehead atoms. The van der Waals surface area contributed by atoms with Gasteiger partial charge in [-0.1, -0.05) is 29.8 Å². The molecule has 1 heterocycles. The highest BCUT2D eigenvalue weighted by atomic mass is 16.5. The van der Waals surface area contributed by atoms with E-state index >= 15 is 0 Å². The number of hydrogen-bond donors (Lipinski definition) is 0. The molecule has 1 aliphatic heterocycles. The lowest BCUT2D eigenvalue weighted by molar-refractivity contribution is -0.135. The summed E-state index contributed by atoms with van der Waals surface area (Å²) in [7, 11) is 4.04. The van der Waals surface area contributed by atoms with Gasteiger partial charge in [-0.2, -0.15) is 0 Å². The maximum Gasteiger partial charge on any atom is 0.260 e. The first kappa shape index (κ1) is 20.2. The van der Waals surface area contributed by atoms with E-state index in [0.29, 0.717) is 18.8 Å². The Morgan fingerprint density at radius 3 is 2.43 bits per heavy atom. The van der Waals surface area contributed by atoms with Gasteiger partial charge in [-0.25, -0.2) is 0 Å². The van der Waals surface area contributed by atoms with E-state index in [2.05, 4.69) is 29.2 Å². The smallest absolute Gasteiger partial charge is 0.260 e. The molecule has 1 saturated heterocycles. The molecule has 0 saturated carbocycles. The second-order valence-corrected chi connectivity index (χ2v) is 7.57. The maximum absolute atomic E-state index is 12.9. The molecule has 0 N–H and O–H groups in total. The zero-order chi connectivity index (χ0) is 19.9. The zero-order valence-corrected chi connectivity index (χ0v) is 17.1. The molecule has 0 unspecified atom stereocenters. The number of anilines is 1. The van der Waals surface area contributed by atoms with Crippen molar-refractivity contribution in [3.63, 3.8) is 0 Å². The van der Waals surface area contributed by atoms with Crippen LogP contribution >= 0.6 is 0 Å². The lowest BCUT2D eigenvalue weighted by atomic mass is 10.1. The van der Waals surface area contributed by atoms with Gasteiger partial charge in [0, 0.05) is 39.5 Å².